The van der Waals surface area contributed by atoms with Crippen molar-refractivity contribution in [3.05, 3.63) is 106 Å². The predicted molar refractivity (Wildman–Crippen MR) is 167 cm³/mol. The highest BCUT2D eigenvalue weighted by molar-refractivity contribution is 6.05. The van der Waals surface area contributed by atoms with Crippen molar-refractivity contribution in [1.82, 2.24) is 20.4 Å². The predicted octanol–water partition coefficient (Wildman–Crippen LogP) is 2.96. The van der Waals surface area contributed by atoms with Gasteiger partial charge in [0.25, 0.3) is 17.5 Å². The first-order valence-corrected chi connectivity index (χ1v) is 12.4. The lowest BCUT2D eigenvalue weighted by atomic mass is 10.1. The van der Waals surface area contributed by atoms with Gasteiger partial charge in [-0.1, -0.05) is 30.3 Å². The lowest BCUT2D eigenvalue weighted by Gasteiger charge is -2.13. The highest BCUT2D eigenvalue weighted by atomic mass is 35.5. The van der Waals surface area contributed by atoms with E-state index in [0.717, 1.165) is 5.56 Å². The van der Waals surface area contributed by atoms with E-state index < -0.39 is 12.0 Å². The maximum atomic E-state index is 12.5. The number of nitrogens with zero attached hydrogens (tertiary/aromatic N) is 4. The Morgan fingerprint density at radius 3 is 2.32 bits per heavy atom. The zero-order chi connectivity index (χ0) is 29.4. The van der Waals surface area contributed by atoms with Crippen LogP contribution in [0.1, 0.15) is 43.4 Å². The smallest absolute Gasteiger partial charge is 0.407 e. The molecule has 0 saturated heterocycles. The van der Waals surface area contributed by atoms with Gasteiger partial charge in [0.15, 0.2) is 0 Å². The summed E-state index contributed by atoms with van der Waals surface area (Å²) in [7, 11) is 1.75. The molecule has 44 heavy (non-hydrogen) atoms. The number of amides is 3. The van der Waals surface area contributed by atoms with Crippen molar-refractivity contribution in [2.45, 2.75) is 26.2 Å². The Bertz CT molecular complexity index is 1540. The third-order valence-electron chi connectivity index (χ3n) is 5.88. The average molecular weight is 670 g/mol. The van der Waals surface area contributed by atoms with Crippen molar-refractivity contribution in [2.75, 3.05) is 18.1 Å². The minimum absolute atomic E-state index is 0. The number of halogens is 3. The standard InChI is InChI=1S/C27H28N8O6.3ClH/c1-34(15-23-24(25(29)36)35(39)41-33-23)14-20-11-8-18(13-30-20)16-40-27(38)31-12-17-6-9-19(10-7-17)26(37)32-22-5-3-2-4-21(22)28;;;/h2-11,13H,12,14-16,28H2,1H3,(H2,29,36)(H,31,38)(H,32,37);3*1H. The van der Waals surface area contributed by atoms with Crippen LogP contribution in [-0.2, 0) is 31.0 Å². The van der Waals surface area contributed by atoms with Gasteiger partial charge >= 0.3 is 6.09 Å². The first kappa shape index (κ1) is 37.4. The van der Waals surface area contributed by atoms with Gasteiger partial charge in [-0.05, 0) is 47.8 Å². The number of alkyl carbamates (subject to hydrolysis) is 1. The molecule has 4 aromatic rings. The van der Waals surface area contributed by atoms with E-state index >= 15 is 0 Å². The lowest BCUT2D eigenvalue weighted by Crippen LogP contribution is -2.35. The van der Waals surface area contributed by atoms with Crippen LogP contribution in [0.15, 0.2) is 71.5 Å². The van der Waals surface area contributed by atoms with Crippen LogP contribution in [0, 0.1) is 5.21 Å². The van der Waals surface area contributed by atoms with Crippen molar-refractivity contribution in [3.63, 3.8) is 0 Å². The summed E-state index contributed by atoms with van der Waals surface area (Å²) in [6.45, 7) is 0.751. The van der Waals surface area contributed by atoms with Crippen molar-refractivity contribution in [1.29, 1.82) is 0 Å². The molecule has 0 atom stereocenters. The van der Waals surface area contributed by atoms with Gasteiger partial charge in [-0.25, -0.2) is 4.79 Å². The van der Waals surface area contributed by atoms with Crippen LogP contribution >= 0.6 is 37.2 Å². The second kappa shape index (κ2) is 17.5. The number of carbonyl (C=O) groups is 3. The summed E-state index contributed by atoms with van der Waals surface area (Å²) in [6, 6.07) is 17.3. The molecule has 4 rings (SSSR count). The van der Waals surface area contributed by atoms with E-state index in [-0.39, 0.29) is 79.1 Å². The number of hydrogen-bond acceptors (Lipinski definition) is 10. The van der Waals surface area contributed by atoms with E-state index in [9.17, 15) is 19.6 Å². The van der Waals surface area contributed by atoms with Gasteiger partial charge in [-0.3, -0.25) is 24.1 Å². The second-order valence-corrected chi connectivity index (χ2v) is 9.09. The van der Waals surface area contributed by atoms with E-state index in [1.165, 1.54) is 0 Å². The van der Waals surface area contributed by atoms with Crippen LogP contribution < -0.4 is 27.0 Å². The van der Waals surface area contributed by atoms with Crippen molar-refractivity contribution >= 4 is 66.5 Å². The first-order valence-electron chi connectivity index (χ1n) is 12.4. The fraction of sp³-hybridized carbons (Fsp3) is 0.185. The molecule has 17 heteroatoms. The van der Waals surface area contributed by atoms with Gasteiger partial charge in [0.1, 0.15) is 6.61 Å². The molecule has 0 saturated carbocycles. The number of nitrogen functional groups attached to an aromatic ring is 1. The number of para-hydroxylation sites is 2. The Kier molecular flexibility index (Phi) is 14.9. The summed E-state index contributed by atoms with van der Waals surface area (Å²) in [5.74, 6) is -1.22. The lowest BCUT2D eigenvalue weighted by molar-refractivity contribution is -0.803. The first-order chi connectivity index (χ1) is 19.7. The molecule has 0 aliphatic carbocycles. The molecular weight excluding hydrogens is 639 g/mol. The normalized spacial score (nSPS) is 10.0. The van der Waals surface area contributed by atoms with Crippen molar-refractivity contribution < 1.29 is 28.7 Å². The number of anilines is 2. The Balaban J connectivity index is 0.00000323. The van der Waals surface area contributed by atoms with Gasteiger partial charge < -0.3 is 32.0 Å². The maximum absolute atomic E-state index is 12.5. The Morgan fingerprint density at radius 2 is 1.68 bits per heavy atom. The van der Waals surface area contributed by atoms with Crippen LogP contribution in [0.4, 0.5) is 16.2 Å². The summed E-state index contributed by atoms with van der Waals surface area (Å²) in [5.41, 5.74) is 14.5. The number of hydrogen-bond donors (Lipinski definition) is 4. The largest absolute Gasteiger partial charge is 0.445 e. The molecular formula is C27H31Cl3N8O6. The summed E-state index contributed by atoms with van der Waals surface area (Å²) < 4.78 is 9.71. The highest BCUT2D eigenvalue weighted by Gasteiger charge is 2.25. The van der Waals surface area contributed by atoms with Gasteiger partial charge in [0.2, 0.25) is 5.69 Å². The van der Waals surface area contributed by atoms with E-state index in [1.54, 1.807) is 78.8 Å². The van der Waals surface area contributed by atoms with Crippen LogP contribution in [0.25, 0.3) is 0 Å². The van der Waals surface area contributed by atoms with Gasteiger partial charge in [0, 0.05) is 35.6 Å². The number of aromatic nitrogens is 3. The van der Waals surface area contributed by atoms with E-state index in [0.29, 0.717) is 34.7 Å². The molecule has 14 nitrogen and oxygen atoms in total. The summed E-state index contributed by atoms with van der Waals surface area (Å²) in [6.07, 6.45) is 0.975. The molecule has 0 aliphatic heterocycles. The summed E-state index contributed by atoms with van der Waals surface area (Å²) in [4.78, 5) is 42.1. The molecule has 236 valence electrons. The third-order valence-corrected chi connectivity index (χ3v) is 5.88. The van der Waals surface area contributed by atoms with E-state index in [1.807, 2.05) is 0 Å². The zero-order valence-electron chi connectivity index (χ0n) is 23.3. The SMILES string of the molecule is CN(Cc1ccc(COC(=O)NCc2ccc(C(=O)Nc3ccccc3N)cc2)cn1)Cc1no[n+]([O-])c1C(N)=O.Cl.Cl.Cl. The Hall–Kier alpha value is -4.63. The average Bonchev–Trinajstić information content (AvgIpc) is 3.32. The van der Waals surface area contributed by atoms with E-state index in [4.69, 9.17) is 16.2 Å². The van der Waals surface area contributed by atoms with Gasteiger partial charge in [-0.2, -0.15) is 0 Å². The van der Waals surface area contributed by atoms with Crippen LogP contribution in [-0.4, -0.2) is 40.0 Å². The number of pyridine rings is 1. The highest BCUT2D eigenvalue weighted by Crippen LogP contribution is 2.18. The minimum Gasteiger partial charge on any atom is -0.445 e. The number of benzene rings is 2. The number of nitrogens with two attached hydrogens (primary N) is 2. The summed E-state index contributed by atoms with van der Waals surface area (Å²) in [5, 5.41) is 20.5. The molecule has 3 amide bonds. The Labute approximate surface area is 270 Å². The third kappa shape index (κ3) is 10.3. The quantitative estimate of drug-likeness (QED) is 0.136. The molecule has 0 unspecified atom stereocenters. The monoisotopic (exact) mass is 668 g/mol. The molecule has 2 heterocycles. The number of carbonyl (C=O) groups excluding carboxylic acids is 3. The fourth-order valence-corrected chi connectivity index (χ4v) is 3.79. The maximum Gasteiger partial charge on any atom is 0.407 e. The molecule has 0 spiro atoms. The number of rotatable bonds is 11. The molecule has 6 N–H and O–H groups in total. The molecule has 0 radical (unpaired) electrons. The van der Waals surface area contributed by atoms with Crippen LogP contribution in [0.5, 0.6) is 0 Å². The zero-order valence-corrected chi connectivity index (χ0v) is 25.7. The minimum atomic E-state index is -0.927. The van der Waals surface area contributed by atoms with E-state index in [2.05, 4.69) is 25.4 Å². The second-order valence-electron chi connectivity index (χ2n) is 9.09. The molecule has 0 fully saturated rings. The fourth-order valence-electron chi connectivity index (χ4n) is 3.79. The molecule has 2 aromatic carbocycles. The Morgan fingerprint density at radius 1 is 1.00 bits per heavy atom. The van der Waals surface area contributed by atoms with Gasteiger partial charge in [-0.15, -0.1) is 37.2 Å². The number of nitrogens with one attached hydrogen (secondary N) is 2. The van der Waals surface area contributed by atoms with Crippen LogP contribution in [0.2, 0.25) is 0 Å². The molecule has 2 aromatic heterocycles. The summed E-state index contributed by atoms with van der Waals surface area (Å²) >= 11 is 0. The molecule has 0 aliphatic rings. The van der Waals surface area contributed by atoms with Crippen LogP contribution in [0.3, 0.4) is 0 Å². The van der Waals surface area contributed by atoms with Crippen molar-refractivity contribution in [3.8, 4) is 0 Å². The topological polar surface area (TPSA) is 206 Å². The molecule has 0 bridgehead atoms. The van der Waals surface area contributed by atoms with Crippen molar-refractivity contribution in [2.24, 2.45) is 5.73 Å². The van der Waals surface area contributed by atoms with Gasteiger partial charge in [0.05, 0.1) is 23.6 Å². The number of primary amides is 1. The number of ether oxygens (including phenoxy) is 1.